The Morgan fingerprint density at radius 1 is 1.21 bits per heavy atom. The third-order valence-electron chi connectivity index (χ3n) is 2.51. The molecule has 0 rings (SSSR count). The number of halogens is 1. The van der Waals surface area contributed by atoms with Gasteiger partial charge in [0, 0.05) is 6.92 Å². The second kappa shape index (κ2) is 10.2. The van der Waals surface area contributed by atoms with Gasteiger partial charge in [-0.2, -0.15) is 0 Å². The normalized spacial score (nSPS) is 15.6. The molecule has 0 spiro atoms. The van der Waals surface area contributed by atoms with Gasteiger partial charge in [-0.05, 0) is 39.2 Å². The maximum atomic E-state index is 13.9. The number of aliphatic hydroxyl groups is 1. The van der Waals surface area contributed by atoms with Crippen molar-refractivity contribution in [2.75, 3.05) is 19.8 Å². The summed E-state index contributed by atoms with van der Waals surface area (Å²) in [7, 11) is -2.73. The van der Waals surface area contributed by atoms with Crippen LogP contribution in [0.5, 0.6) is 0 Å². The van der Waals surface area contributed by atoms with Crippen LogP contribution in [0.15, 0.2) is 0 Å². The Balaban J connectivity index is 4.50. The smallest absolute Gasteiger partial charge is 0.444 e. The minimum absolute atomic E-state index is 0.181. The first-order chi connectivity index (χ1) is 10.9. The number of aliphatic hydroxyl groups excluding tert-OH is 1. The molecule has 24 heavy (non-hydrogen) atoms. The van der Waals surface area contributed by atoms with Crippen molar-refractivity contribution < 1.29 is 37.6 Å². The SMILES string of the molecule is CCOC(C)(OCC)[P+](=O)OC(F)C(O)CNC(=O)OC(C)(C)C. The molecular formula is C14H28FNO7P+. The second-order valence-corrected chi connectivity index (χ2v) is 7.47. The topological polar surface area (TPSA) is 103 Å². The van der Waals surface area contributed by atoms with Gasteiger partial charge < -0.3 is 24.6 Å². The standard InChI is InChI=1S/C14H27FNO7P/c1-7-20-14(6,21-8-2)24(19)23-11(15)10(17)9-16-12(18)22-13(3,4)5/h10-11,17H,7-9H2,1-6H3/p+1. The summed E-state index contributed by atoms with van der Waals surface area (Å²) in [5, 5.41) is 11.9. The van der Waals surface area contributed by atoms with E-state index < -0.39 is 44.3 Å². The quantitative estimate of drug-likeness (QED) is 0.449. The van der Waals surface area contributed by atoms with Gasteiger partial charge >= 0.3 is 19.6 Å². The van der Waals surface area contributed by atoms with Crippen molar-refractivity contribution >= 4 is 14.1 Å². The second-order valence-electron chi connectivity index (χ2n) is 5.93. The summed E-state index contributed by atoms with van der Waals surface area (Å²) in [5.41, 5.74) is -2.34. The molecule has 8 nitrogen and oxygen atoms in total. The summed E-state index contributed by atoms with van der Waals surface area (Å²) in [6, 6.07) is 0. The van der Waals surface area contributed by atoms with Crippen molar-refractivity contribution in [2.24, 2.45) is 0 Å². The number of ether oxygens (including phenoxy) is 3. The van der Waals surface area contributed by atoms with Gasteiger partial charge in [0.25, 0.3) is 6.36 Å². The van der Waals surface area contributed by atoms with Gasteiger partial charge in [0.05, 0.1) is 19.8 Å². The molecule has 2 N–H and O–H groups in total. The predicted octanol–water partition coefficient (Wildman–Crippen LogP) is 2.67. The fourth-order valence-electron chi connectivity index (χ4n) is 1.53. The van der Waals surface area contributed by atoms with Crippen LogP contribution in [0.1, 0.15) is 41.5 Å². The molecule has 10 heteroatoms. The van der Waals surface area contributed by atoms with Crippen molar-refractivity contribution in [3.05, 3.63) is 0 Å². The van der Waals surface area contributed by atoms with Crippen molar-refractivity contribution in [1.82, 2.24) is 5.32 Å². The Labute approximate surface area is 142 Å². The summed E-state index contributed by atoms with van der Waals surface area (Å²) in [6.45, 7) is 9.56. The third-order valence-corrected chi connectivity index (χ3v) is 3.82. The lowest BCUT2D eigenvalue weighted by Gasteiger charge is -2.21. The number of hydrogen-bond donors (Lipinski definition) is 2. The first kappa shape index (κ1) is 23.1. The minimum Gasteiger partial charge on any atom is -0.444 e. The molecule has 142 valence electrons. The molecule has 0 aliphatic heterocycles. The van der Waals surface area contributed by atoms with Gasteiger partial charge in [-0.15, -0.1) is 4.52 Å². The van der Waals surface area contributed by atoms with Gasteiger partial charge in [0.15, 0.2) is 0 Å². The van der Waals surface area contributed by atoms with Crippen LogP contribution in [0, 0.1) is 0 Å². The number of alkyl halides is 1. The van der Waals surface area contributed by atoms with E-state index in [-0.39, 0.29) is 13.2 Å². The molecule has 0 saturated heterocycles. The van der Waals surface area contributed by atoms with Crippen molar-refractivity contribution in [1.29, 1.82) is 0 Å². The Kier molecular flexibility index (Phi) is 9.84. The highest BCUT2D eigenvalue weighted by Gasteiger charge is 2.52. The molecule has 0 aliphatic carbocycles. The van der Waals surface area contributed by atoms with Crippen LogP contribution in [0.2, 0.25) is 0 Å². The number of nitrogens with one attached hydrogen (secondary N) is 1. The Morgan fingerprint density at radius 3 is 2.12 bits per heavy atom. The largest absolute Gasteiger partial charge is 0.578 e. The molecule has 0 fully saturated rings. The Hall–Kier alpha value is -0.860. The van der Waals surface area contributed by atoms with E-state index in [1.807, 2.05) is 0 Å². The molecule has 0 aromatic rings. The zero-order valence-corrected chi connectivity index (χ0v) is 15.9. The lowest BCUT2D eigenvalue weighted by molar-refractivity contribution is -0.170. The first-order valence-electron chi connectivity index (χ1n) is 7.66. The molecule has 0 saturated carbocycles. The van der Waals surface area contributed by atoms with Crippen molar-refractivity contribution in [3.63, 3.8) is 0 Å². The van der Waals surface area contributed by atoms with Gasteiger partial charge in [0.2, 0.25) is 0 Å². The van der Waals surface area contributed by atoms with E-state index in [4.69, 9.17) is 14.2 Å². The highest BCUT2D eigenvalue weighted by Crippen LogP contribution is 2.43. The van der Waals surface area contributed by atoms with E-state index in [1.54, 1.807) is 34.6 Å². The molecule has 3 unspecified atom stereocenters. The molecule has 0 heterocycles. The average molecular weight is 372 g/mol. The van der Waals surface area contributed by atoms with Crippen LogP contribution in [-0.4, -0.2) is 54.5 Å². The average Bonchev–Trinajstić information content (AvgIpc) is 2.43. The van der Waals surface area contributed by atoms with E-state index >= 15 is 0 Å². The fraction of sp³-hybridized carbons (Fsp3) is 0.929. The van der Waals surface area contributed by atoms with Crippen LogP contribution < -0.4 is 5.32 Å². The number of carbonyl (C=O) groups excluding carboxylic acids is 1. The molecular weight excluding hydrogens is 344 g/mol. The summed E-state index contributed by atoms with van der Waals surface area (Å²) in [5.74, 6) is 0. The van der Waals surface area contributed by atoms with Gasteiger partial charge in [-0.25, -0.2) is 9.18 Å². The van der Waals surface area contributed by atoms with E-state index in [9.17, 15) is 18.9 Å². The lowest BCUT2D eigenvalue weighted by atomic mass is 10.2. The molecule has 0 aromatic carbocycles. The van der Waals surface area contributed by atoms with Crippen molar-refractivity contribution in [2.45, 2.75) is 65.1 Å². The van der Waals surface area contributed by atoms with E-state index in [0.717, 1.165) is 0 Å². The van der Waals surface area contributed by atoms with Gasteiger partial charge in [-0.3, -0.25) is 0 Å². The van der Waals surface area contributed by atoms with Crippen LogP contribution >= 0.6 is 8.03 Å². The number of carbonyl (C=O) groups is 1. The Morgan fingerprint density at radius 2 is 1.71 bits per heavy atom. The molecule has 0 aromatic heterocycles. The summed E-state index contributed by atoms with van der Waals surface area (Å²) >= 11 is 0. The third kappa shape index (κ3) is 8.84. The van der Waals surface area contributed by atoms with Crippen LogP contribution in [0.4, 0.5) is 9.18 Å². The highest BCUT2D eigenvalue weighted by atomic mass is 31.1. The fourth-order valence-corrected chi connectivity index (χ4v) is 2.52. The highest BCUT2D eigenvalue weighted by molar-refractivity contribution is 7.40. The predicted molar refractivity (Wildman–Crippen MR) is 85.5 cm³/mol. The number of amides is 1. The van der Waals surface area contributed by atoms with Crippen LogP contribution in [0.3, 0.4) is 0 Å². The van der Waals surface area contributed by atoms with Gasteiger partial charge in [-0.1, -0.05) is 0 Å². The molecule has 0 aliphatic rings. The summed E-state index contributed by atoms with van der Waals surface area (Å²) in [6.07, 6.45) is -4.85. The number of hydrogen-bond acceptors (Lipinski definition) is 7. The van der Waals surface area contributed by atoms with Gasteiger partial charge in [0.1, 0.15) is 11.7 Å². The maximum absolute atomic E-state index is 13.9. The molecule has 3 atom stereocenters. The van der Waals surface area contributed by atoms with Crippen LogP contribution in [-0.2, 0) is 23.3 Å². The molecule has 0 radical (unpaired) electrons. The molecule has 1 amide bonds. The Bertz CT molecular complexity index is 410. The van der Waals surface area contributed by atoms with E-state index in [2.05, 4.69) is 9.84 Å². The first-order valence-corrected chi connectivity index (χ1v) is 8.84. The van der Waals surface area contributed by atoms with Crippen molar-refractivity contribution in [3.8, 4) is 0 Å². The number of alkyl carbamates (subject to hydrolysis) is 1. The van der Waals surface area contributed by atoms with E-state index in [1.165, 1.54) is 6.92 Å². The maximum Gasteiger partial charge on any atom is 0.578 e. The number of rotatable bonds is 10. The zero-order valence-electron chi connectivity index (χ0n) is 15.0. The van der Waals surface area contributed by atoms with E-state index in [0.29, 0.717) is 0 Å². The lowest BCUT2D eigenvalue weighted by Crippen LogP contribution is -2.41. The summed E-state index contributed by atoms with van der Waals surface area (Å²) < 4.78 is 46.0. The molecule has 0 bridgehead atoms. The monoisotopic (exact) mass is 372 g/mol. The van der Waals surface area contributed by atoms with Crippen LogP contribution in [0.25, 0.3) is 0 Å². The minimum atomic E-state index is -2.73. The summed E-state index contributed by atoms with van der Waals surface area (Å²) in [4.78, 5) is 11.4. The zero-order chi connectivity index (χ0) is 19.0.